The summed E-state index contributed by atoms with van der Waals surface area (Å²) < 4.78 is 0.591. The number of amidine groups is 1. The molecule has 1 aromatic rings. The number of rotatable bonds is 5. The van der Waals surface area contributed by atoms with Crippen LogP contribution in [0.15, 0.2) is 17.1 Å². The number of benzene rings is 1. The Morgan fingerprint density at radius 1 is 1.35 bits per heavy atom. The Hall–Kier alpha value is -2.45. The van der Waals surface area contributed by atoms with Crippen molar-refractivity contribution in [2.24, 2.45) is 4.99 Å². The van der Waals surface area contributed by atoms with Crippen LogP contribution >= 0.6 is 0 Å². The summed E-state index contributed by atoms with van der Waals surface area (Å²) in [5, 5.41) is 34.3. The van der Waals surface area contributed by atoms with Crippen molar-refractivity contribution in [1.29, 1.82) is 0 Å². The Morgan fingerprint density at radius 3 is 2.73 bits per heavy atom. The monoisotopic (exact) mass is 360 g/mol. The predicted molar refractivity (Wildman–Crippen MR) is 98.7 cm³/mol. The zero-order valence-electron chi connectivity index (χ0n) is 15.2. The normalized spacial score (nSPS) is 20.3. The van der Waals surface area contributed by atoms with E-state index in [9.17, 15) is 20.2 Å². The molecule has 2 aliphatic heterocycles. The predicted octanol–water partition coefficient (Wildman–Crippen LogP) is 1.06. The Kier molecular flexibility index (Phi) is 4.97. The number of aliphatic imine (C=N–C) groups is 1. The molecule has 0 saturated heterocycles. The van der Waals surface area contributed by atoms with Crippen LogP contribution in [-0.2, 0) is 4.79 Å². The van der Waals surface area contributed by atoms with E-state index in [2.05, 4.69) is 10.3 Å². The van der Waals surface area contributed by atoms with Gasteiger partial charge < -0.3 is 25.6 Å². The number of fused-ring (bicyclic) bond motifs is 2. The average Bonchev–Trinajstić information content (AvgIpc) is 2.55. The van der Waals surface area contributed by atoms with Crippen LogP contribution in [0.4, 0.5) is 11.4 Å². The van der Waals surface area contributed by atoms with Gasteiger partial charge in [0.05, 0.1) is 6.10 Å². The number of anilines is 1. The van der Waals surface area contributed by atoms with E-state index in [1.165, 1.54) is 0 Å². The summed E-state index contributed by atoms with van der Waals surface area (Å²) >= 11 is 0. The number of aliphatic hydroxyl groups is 2. The van der Waals surface area contributed by atoms with Gasteiger partial charge in [0.25, 0.3) is 0 Å². The smallest absolute Gasteiger partial charge is 0.325 e. The lowest BCUT2D eigenvalue weighted by atomic mass is 10.0. The number of unbranched alkanes of at least 4 members (excludes halogenated alkanes) is 1. The van der Waals surface area contributed by atoms with Crippen LogP contribution in [0.2, 0.25) is 0 Å². The van der Waals surface area contributed by atoms with Gasteiger partial charge in [-0.15, -0.1) is 0 Å². The highest BCUT2D eigenvalue weighted by Gasteiger charge is 2.42. The molecule has 0 aromatic heterocycles. The number of aliphatic hydroxyl groups excluding tert-OH is 2. The van der Waals surface area contributed by atoms with Gasteiger partial charge in [0.15, 0.2) is 0 Å². The minimum Gasteiger partial charge on any atom is -0.618 e. The summed E-state index contributed by atoms with van der Waals surface area (Å²) in [6.07, 6.45) is 0.482. The topological polar surface area (TPSA) is 111 Å². The third-order valence-electron chi connectivity index (χ3n) is 4.74. The third-order valence-corrected chi connectivity index (χ3v) is 4.74. The molecular formula is C18H24N4O4. The van der Waals surface area contributed by atoms with Crippen molar-refractivity contribution in [1.82, 2.24) is 5.32 Å². The van der Waals surface area contributed by atoms with E-state index in [4.69, 9.17) is 0 Å². The zero-order valence-corrected chi connectivity index (χ0v) is 15.2. The molecule has 140 valence electrons. The van der Waals surface area contributed by atoms with Crippen LogP contribution in [0.3, 0.4) is 0 Å². The summed E-state index contributed by atoms with van der Waals surface area (Å²) in [4.78, 5) is 18.2. The molecule has 2 unspecified atom stereocenters. The molecule has 0 aliphatic carbocycles. The number of nitrogens with zero attached hydrogens (tertiary/aromatic N) is 3. The summed E-state index contributed by atoms with van der Waals surface area (Å²) in [5.41, 5.74) is 2.93. The molecule has 0 bridgehead atoms. The van der Waals surface area contributed by atoms with Gasteiger partial charge in [-0.05, 0) is 57.2 Å². The van der Waals surface area contributed by atoms with Crippen molar-refractivity contribution in [2.45, 2.75) is 52.5 Å². The fourth-order valence-corrected chi connectivity index (χ4v) is 3.21. The van der Waals surface area contributed by atoms with E-state index >= 15 is 0 Å². The lowest BCUT2D eigenvalue weighted by Gasteiger charge is -2.33. The standard InChI is InChI=1S/C18H24N4O4/c1-10-8-13-14(9-11(10)2)22(26)15-16(19-18(25)20-17(15)24)21(13)7-5-4-6-12(3)23/h8-9,12,18,23,25H,4-7H2,1-3H3,(H,20,24). The maximum Gasteiger partial charge on any atom is 0.325 e. The van der Waals surface area contributed by atoms with Crippen molar-refractivity contribution in [3.05, 3.63) is 28.5 Å². The number of amides is 1. The first-order valence-electron chi connectivity index (χ1n) is 8.77. The Bertz CT molecular complexity index is 801. The SMILES string of the molecule is Cc1cc2c(cc1C)[N+]([O-])=C1C(=O)NC(O)N=C1N2CCCCC(C)O. The molecule has 1 aromatic carbocycles. The van der Waals surface area contributed by atoms with Crippen molar-refractivity contribution in [2.75, 3.05) is 11.4 Å². The van der Waals surface area contributed by atoms with E-state index in [1.807, 2.05) is 24.8 Å². The molecule has 3 rings (SSSR count). The van der Waals surface area contributed by atoms with Crippen LogP contribution in [0.25, 0.3) is 0 Å². The second-order valence-electron chi connectivity index (χ2n) is 6.86. The van der Waals surface area contributed by atoms with Gasteiger partial charge in [-0.3, -0.25) is 4.79 Å². The van der Waals surface area contributed by atoms with Gasteiger partial charge in [-0.25, -0.2) is 4.99 Å². The van der Waals surface area contributed by atoms with E-state index < -0.39 is 12.3 Å². The highest BCUT2D eigenvalue weighted by Crippen LogP contribution is 2.36. The molecule has 0 fully saturated rings. The maximum atomic E-state index is 12.8. The van der Waals surface area contributed by atoms with E-state index in [0.717, 1.165) is 24.0 Å². The van der Waals surface area contributed by atoms with E-state index in [0.29, 0.717) is 29.1 Å². The van der Waals surface area contributed by atoms with E-state index in [-0.39, 0.29) is 17.7 Å². The average molecular weight is 360 g/mol. The first kappa shape index (κ1) is 18.3. The van der Waals surface area contributed by atoms with Gasteiger partial charge in [-0.2, -0.15) is 4.74 Å². The van der Waals surface area contributed by atoms with Crippen LogP contribution in [0.1, 0.15) is 37.3 Å². The first-order chi connectivity index (χ1) is 12.3. The molecule has 2 aliphatic rings. The molecule has 26 heavy (non-hydrogen) atoms. The van der Waals surface area contributed by atoms with Crippen molar-refractivity contribution < 1.29 is 19.7 Å². The highest BCUT2D eigenvalue weighted by molar-refractivity contribution is 6.68. The number of nitrogens with one attached hydrogen (secondary N) is 1. The molecule has 8 heteroatoms. The number of hydrogen-bond donors (Lipinski definition) is 3. The largest absolute Gasteiger partial charge is 0.618 e. The molecule has 8 nitrogen and oxygen atoms in total. The number of carbonyl (C=O) groups is 1. The second-order valence-corrected chi connectivity index (χ2v) is 6.86. The molecule has 2 atom stereocenters. The molecule has 3 N–H and O–H groups in total. The Morgan fingerprint density at radius 2 is 2.04 bits per heavy atom. The molecule has 2 heterocycles. The molecule has 0 saturated carbocycles. The van der Waals surface area contributed by atoms with Crippen LogP contribution in [0.5, 0.6) is 0 Å². The zero-order chi connectivity index (χ0) is 19.0. The van der Waals surface area contributed by atoms with Gasteiger partial charge in [0.1, 0.15) is 5.69 Å². The maximum absolute atomic E-state index is 12.8. The molecule has 1 amide bonds. The van der Waals surface area contributed by atoms with Crippen LogP contribution < -0.4 is 10.2 Å². The Labute approximate surface area is 152 Å². The quantitative estimate of drug-likeness (QED) is 0.413. The van der Waals surface area contributed by atoms with Gasteiger partial charge >= 0.3 is 11.6 Å². The molecule has 0 spiro atoms. The van der Waals surface area contributed by atoms with Crippen LogP contribution in [-0.4, -0.2) is 51.4 Å². The third kappa shape index (κ3) is 3.30. The summed E-state index contributed by atoms with van der Waals surface area (Å²) in [6.45, 7) is 6.14. The van der Waals surface area contributed by atoms with E-state index in [1.54, 1.807) is 13.0 Å². The fourth-order valence-electron chi connectivity index (χ4n) is 3.21. The second kappa shape index (κ2) is 7.05. The molecule has 0 radical (unpaired) electrons. The highest BCUT2D eigenvalue weighted by atomic mass is 16.5. The minimum atomic E-state index is -1.37. The van der Waals surface area contributed by atoms with Gasteiger partial charge in [0.2, 0.25) is 17.9 Å². The Balaban J connectivity index is 2.04. The summed E-state index contributed by atoms with van der Waals surface area (Å²) in [5.74, 6) is -0.459. The van der Waals surface area contributed by atoms with Crippen molar-refractivity contribution in [3.63, 3.8) is 0 Å². The van der Waals surface area contributed by atoms with Crippen LogP contribution in [0, 0.1) is 19.1 Å². The first-order valence-corrected chi connectivity index (χ1v) is 8.77. The summed E-state index contributed by atoms with van der Waals surface area (Å²) in [7, 11) is 0. The lowest BCUT2D eigenvalue weighted by Crippen LogP contribution is -2.56. The summed E-state index contributed by atoms with van der Waals surface area (Å²) in [6, 6.07) is 3.67. The number of hydrogen-bond acceptors (Lipinski definition) is 6. The van der Waals surface area contributed by atoms with Gasteiger partial charge in [-0.1, -0.05) is 0 Å². The number of carbonyl (C=O) groups excluding carboxylic acids is 1. The fraction of sp³-hybridized carbons (Fsp3) is 0.500. The number of aryl methyl sites for hydroxylation is 2. The lowest BCUT2D eigenvalue weighted by molar-refractivity contribution is -0.358. The minimum absolute atomic E-state index is 0.110. The van der Waals surface area contributed by atoms with Crippen molar-refractivity contribution in [3.8, 4) is 0 Å². The van der Waals surface area contributed by atoms with Gasteiger partial charge in [0, 0.05) is 12.6 Å². The molecular weight excluding hydrogens is 336 g/mol. The van der Waals surface area contributed by atoms with Crippen molar-refractivity contribution >= 4 is 28.8 Å².